The first-order valence-corrected chi connectivity index (χ1v) is 6.47. The Hall–Kier alpha value is -1.59. The third-order valence-electron chi connectivity index (χ3n) is 3.50. The maximum atomic E-state index is 10.7. The van der Waals surface area contributed by atoms with E-state index in [1.54, 1.807) is 7.11 Å². The molecule has 0 radical (unpaired) electrons. The maximum Gasteiger partial charge on any atom is 0.404 e. The Morgan fingerprint density at radius 3 is 2.84 bits per heavy atom. The molecule has 0 bridgehead atoms. The van der Waals surface area contributed by atoms with Crippen molar-refractivity contribution in [2.75, 3.05) is 20.2 Å². The predicted octanol–water partition coefficient (Wildman–Crippen LogP) is 1.54. The molecule has 1 heterocycles. The molecule has 1 saturated heterocycles. The highest BCUT2D eigenvalue weighted by molar-refractivity contribution is 5.65. The van der Waals surface area contributed by atoms with Crippen LogP contribution in [0.1, 0.15) is 12.0 Å². The Morgan fingerprint density at radius 1 is 1.47 bits per heavy atom. The molecule has 5 nitrogen and oxygen atoms in total. The number of rotatable bonds is 4. The van der Waals surface area contributed by atoms with Gasteiger partial charge in [0.1, 0.15) is 0 Å². The summed E-state index contributed by atoms with van der Waals surface area (Å²) in [6.07, 6.45) is -0.297. The summed E-state index contributed by atoms with van der Waals surface area (Å²) in [6, 6.07) is 10.1. The Labute approximate surface area is 113 Å². The van der Waals surface area contributed by atoms with E-state index in [1.807, 2.05) is 18.2 Å². The number of hydrogen-bond donors (Lipinski definition) is 2. The van der Waals surface area contributed by atoms with Crippen molar-refractivity contribution in [3.8, 4) is 0 Å². The summed E-state index contributed by atoms with van der Waals surface area (Å²) in [4.78, 5) is 13.0. The molecule has 1 aromatic carbocycles. The molecule has 0 aromatic heterocycles. The van der Waals surface area contributed by atoms with E-state index < -0.39 is 6.09 Å². The largest absolute Gasteiger partial charge is 0.465 e. The summed E-state index contributed by atoms with van der Waals surface area (Å²) >= 11 is 0. The molecule has 1 amide bonds. The van der Waals surface area contributed by atoms with Crippen molar-refractivity contribution in [2.24, 2.45) is 0 Å². The van der Waals surface area contributed by atoms with E-state index in [0.29, 0.717) is 0 Å². The van der Waals surface area contributed by atoms with Gasteiger partial charge in [0.25, 0.3) is 0 Å². The predicted molar refractivity (Wildman–Crippen MR) is 72.1 cm³/mol. The summed E-state index contributed by atoms with van der Waals surface area (Å²) in [5.41, 5.74) is 1.27. The zero-order chi connectivity index (χ0) is 13.7. The van der Waals surface area contributed by atoms with Gasteiger partial charge in [-0.15, -0.1) is 0 Å². The molecule has 0 saturated carbocycles. The first kappa shape index (κ1) is 13.8. The van der Waals surface area contributed by atoms with Crippen LogP contribution in [-0.2, 0) is 11.3 Å². The number of benzene rings is 1. The first-order chi connectivity index (χ1) is 9.19. The van der Waals surface area contributed by atoms with Crippen LogP contribution in [-0.4, -0.2) is 48.4 Å². The summed E-state index contributed by atoms with van der Waals surface area (Å²) in [7, 11) is 1.63. The normalized spacial score (nSPS) is 24.1. The van der Waals surface area contributed by atoms with Gasteiger partial charge in [0.05, 0.1) is 12.1 Å². The van der Waals surface area contributed by atoms with Crippen LogP contribution < -0.4 is 5.32 Å². The van der Waals surface area contributed by atoms with Crippen molar-refractivity contribution in [2.45, 2.75) is 25.1 Å². The monoisotopic (exact) mass is 264 g/mol. The Kier molecular flexibility index (Phi) is 4.76. The molecule has 0 spiro atoms. The lowest BCUT2D eigenvalue weighted by molar-refractivity contribution is 0.00438. The van der Waals surface area contributed by atoms with E-state index in [9.17, 15) is 4.79 Å². The number of carboxylic acid groups (broad SMARTS) is 1. The number of methoxy groups -OCH3 is 1. The quantitative estimate of drug-likeness (QED) is 0.866. The molecule has 1 aliphatic heterocycles. The van der Waals surface area contributed by atoms with Crippen molar-refractivity contribution >= 4 is 6.09 Å². The third kappa shape index (κ3) is 3.94. The van der Waals surface area contributed by atoms with Crippen LogP contribution in [0.2, 0.25) is 0 Å². The summed E-state index contributed by atoms with van der Waals surface area (Å²) in [5, 5.41) is 11.3. The van der Waals surface area contributed by atoms with E-state index in [1.165, 1.54) is 5.56 Å². The summed E-state index contributed by atoms with van der Waals surface area (Å²) < 4.78 is 5.41. The second-order valence-corrected chi connectivity index (χ2v) is 4.84. The van der Waals surface area contributed by atoms with Crippen LogP contribution in [0.15, 0.2) is 30.3 Å². The molecule has 2 atom stereocenters. The highest BCUT2D eigenvalue weighted by atomic mass is 16.5. The van der Waals surface area contributed by atoms with Crippen molar-refractivity contribution in [3.05, 3.63) is 35.9 Å². The highest BCUT2D eigenvalue weighted by Crippen LogP contribution is 2.16. The number of carbonyl (C=O) groups is 1. The maximum absolute atomic E-state index is 10.7. The molecule has 1 aliphatic rings. The van der Waals surface area contributed by atoms with Crippen molar-refractivity contribution in [3.63, 3.8) is 0 Å². The van der Waals surface area contributed by atoms with Crippen molar-refractivity contribution < 1.29 is 14.6 Å². The minimum atomic E-state index is -0.983. The lowest BCUT2D eigenvalue weighted by Gasteiger charge is -2.37. The van der Waals surface area contributed by atoms with Gasteiger partial charge in [0, 0.05) is 26.7 Å². The van der Waals surface area contributed by atoms with Gasteiger partial charge in [-0.1, -0.05) is 30.3 Å². The standard InChI is InChI=1S/C14H20N2O3/c1-19-13-10-16(8-7-12(13)15-14(17)18)9-11-5-3-2-4-6-11/h2-6,12-13,15H,7-10H2,1H3,(H,17,18)/t12-,13+/m1/s1. The lowest BCUT2D eigenvalue weighted by Crippen LogP contribution is -2.54. The number of likely N-dealkylation sites (tertiary alicyclic amines) is 1. The molecule has 2 rings (SSSR count). The number of ether oxygens (including phenoxy) is 1. The van der Waals surface area contributed by atoms with E-state index in [-0.39, 0.29) is 12.1 Å². The van der Waals surface area contributed by atoms with Crippen LogP contribution >= 0.6 is 0 Å². The topological polar surface area (TPSA) is 61.8 Å². The second kappa shape index (κ2) is 6.54. The van der Waals surface area contributed by atoms with E-state index >= 15 is 0 Å². The molecule has 0 aliphatic carbocycles. The van der Waals surface area contributed by atoms with Gasteiger partial charge in [0.15, 0.2) is 0 Å². The molecule has 5 heteroatoms. The Balaban J connectivity index is 1.91. The van der Waals surface area contributed by atoms with Crippen LogP contribution in [0.4, 0.5) is 4.79 Å². The smallest absolute Gasteiger partial charge is 0.404 e. The van der Waals surface area contributed by atoms with Crippen LogP contribution in [0.3, 0.4) is 0 Å². The van der Waals surface area contributed by atoms with Crippen LogP contribution in [0, 0.1) is 0 Å². The number of piperidine rings is 1. The van der Waals surface area contributed by atoms with Crippen LogP contribution in [0.25, 0.3) is 0 Å². The van der Waals surface area contributed by atoms with E-state index in [4.69, 9.17) is 9.84 Å². The number of nitrogens with zero attached hydrogens (tertiary/aromatic N) is 1. The molecular weight excluding hydrogens is 244 g/mol. The highest BCUT2D eigenvalue weighted by Gasteiger charge is 2.30. The lowest BCUT2D eigenvalue weighted by atomic mass is 10.0. The van der Waals surface area contributed by atoms with Gasteiger partial charge < -0.3 is 15.2 Å². The zero-order valence-electron chi connectivity index (χ0n) is 11.1. The molecular formula is C14H20N2O3. The Bertz CT molecular complexity index is 410. The van der Waals surface area contributed by atoms with Crippen molar-refractivity contribution in [1.29, 1.82) is 0 Å². The fraction of sp³-hybridized carbons (Fsp3) is 0.500. The van der Waals surface area contributed by atoms with Gasteiger partial charge >= 0.3 is 6.09 Å². The summed E-state index contributed by atoms with van der Waals surface area (Å²) in [5.74, 6) is 0. The molecule has 1 aromatic rings. The first-order valence-electron chi connectivity index (χ1n) is 6.47. The van der Waals surface area contributed by atoms with Gasteiger partial charge in [-0.3, -0.25) is 4.90 Å². The number of amides is 1. The molecule has 104 valence electrons. The molecule has 2 N–H and O–H groups in total. The third-order valence-corrected chi connectivity index (χ3v) is 3.50. The summed E-state index contributed by atoms with van der Waals surface area (Å²) in [6.45, 7) is 2.50. The Morgan fingerprint density at radius 2 is 2.21 bits per heavy atom. The van der Waals surface area contributed by atoms with Gasteiger partial charge in [-0.2, -0.15) is 0 Å². The minimum Gasteiger partial charge on any atom is -0.465 e. The number of nitrogens with one attached hydrogen (secondary N) is 1. The van der Waals surface area contributed by atoms with E-state index in [0.717, 1.165) is 26.1 Å². The second-order valence-electron chi connectivity index (χ2n) is 4.84. The molecule has 1 fully saturated rings. The van der Waals surface area contributed by atoms with Gasteiger partial charge in [-0.25, -0.2) is 4.79 Å². The van der Waals surface area contributed by atoms with Gasteiger partial charge in [0.2, 0.25) is 0 Å². The van der Waals surface area contributed by atoms with Crippen molar-refractivity contribution in [1.82, 2.24) is 10.2 Å². The van der Waals surface area contributed by atoms with E-state index in [2.05, 4.69) is 22.3 Å². The fourth-order valence-corrected chi connectivity index (χ4v) is 2.53. The number of hydrogen-bond acceptors (Lipinski definition) is 3. The average Bonchev–Trinajstić information content (AvgIpc) is 2.41. The average molecular weight is 264 g/mol. The fourth-order valence-electron chi connectivity index (χ4n) is 2.53. The zero-order valence-corrected chi connectivity index (χ0v) is 11.1. The molecule has 19 heavy (non-hydrogen) atoms. The minimum absolute atomic E-state index is 0.0893. The SMILES string of the molecule is CO[C@H]1CN(Cc2ccccc2)CC[C@H]1NC(=O)O. The molecule has 0 unspecified atom stereocenters. The van der Waals surface area contributed by atoms with Crippen LogP contribution in [0.5, 0.6) is 0 Å². The van der Waals surface area contributed by atoms with Gasteiger partial charge in [-0.05, 0) is 12.0 Å².